The van der Waals surface area contributed by atoms with Crippen LogP contribution < -0.4 is 14.0 Å². The van der Waals surface area contributed by atoms with Gasteiger partial charge in [0.25, 0.3) is 11.5 Å². The Bertz CT molecular complexity index is 2050. The zero-order chi connectivity index (χ0) is 26.2. The molecule has 7 heterocycles. The maximum absolute atomic E-state index is 6.54. The van der Waals surface area contributed by atoms with Crippen LogP contribution in [0.25, 0.3) is 34.4 Å². The Hall–Kier alpha value is -4.98. The SMILES string of the molecule is Cc1c[n+]2c(c(C)c1-c1nnc(-c3ccccc3)o1)-n1ccc3c1C21c2c(cccc2-n2c(C)cc(C)[n+]21)O3. The summed E-state index contributed by atoms with van der Waals surface area (Å²) in [5.74, 6) is 3.84. The molecular formula is C31H24N6O2+2. The zero-order valence-electron chi connectivity index (χ0n) is 21.9. The van der Waals surface area contributed by atoms with Gasteiger partial charge in [-0.25, -0.2) is 0 Å². The molecule has 1 atom stereocenters. The lowest BCUT2D eigenvalue weighted by Gasteiger charge is -2.23. The highest BCUT2D eigenvalue weighted by Crippen LogP contribution is 2.54. The average molecular weight is 513 g/mol. The molecule has 3 aliphatic heterocycles. The van der Waals surface area contributed by atoms with Gasteiger partial charge in [0.2, 0.25) is 17.5 Å². The summed E-state index contributed by atoms with van der Waals surface area (Å²) in [6.07, 6.45) is 4.34. The van der Waals surface area contributed by atoms with E-state index in [1.165, 1.54) is 11.4 Å². The lowest BCUT2D eigenvalue weighted by Crippen LogP contribution is -2.74. The van der Waals surface area contributed by atoms with Crippen molar-refractivity contribution in [3.63, 3.8) is 0 Å². The van der Waals surface area contributed by atoms with Crippen molar-refractivity contribution in [2.45, 2.75) is 33.4 Å². The maximum atomic E-state index is 6.54. The van der Waals surface area contributed by atoms with E-state index >= 15 is 0 Å². The molecule has 3 aliphatic rings. The number of nitrogens with zero attached hydrogens (tertiary/aromatic N) is 6. The third kappa shape index (κ3) is 2.24. The fourth-order valence-electron chi connectivity index (χ4n) is 7.16. The third-order valence-corrected chi connectivity index (χ3v) is 8.47. The van der Waals surface area contributed by atoms with Crippen molar-refractivity contribution >= 4 is 0 Å². The summed E-state index contributed by atoms with van der Waals surface area (Å²) in [6, 6.07) is 20.6. The highest BCUT2D eigenvalue weighted by molar-refractivity contribution is 5.69. The molecule has 0 saturated heterocycles. The normalized spacial score (nSPS) is 17.0. The summed E-state index contributed by atoms with van der Waals surface area (Å²) in [5.41, 5.74) is 9.13. The number of rotatable bonds is 2. The van der Waals surface area contributed by atoms with E-state index in [1.807, 2.05) is 30.3 Å². The number of pyridine rings is 1. The molecule has 1 unspecified atom stereocenters. The number of fused-ring (bicyclic) bond motifs is 4. The topological polar surface area (TPSA) is 65.8 Å². The molecular weight excluding hydrogens is 488 g/mol. The van der Waals surface area contributed by atoms with Crippen LogP contribution in [-0.2, 0) is 5.66 Å². The van der Waals surface area contributed by atoms with Crippen molar-refractivity contribution in [2.75, 3.05) is 0 Å². The van der Waals surface area contributed by atoms with Crippen LogP contribution in [0.15, 0.2) is 77.5 Å². The maximum Gasteiger partial charge on any atom is 0.430 e. The Morgan fingerprint density at radius 2 is 1.69 bits per heavy atom. The summed E-state index contributed by atoms with van der Waals surface area (Å²) in [7, 11) is 0. The Balaban J connectivity index is 1.37. The second-order valence-corrected chi connectivity index (χ2v) is 10.7. The third-order valence-electron chi connectivity index (χ3n) is 8.47. The van der Waals surface area contributed by atoms with Gasteiger partial charge in [0.1, 0.15) is 23.8 Å². The van der Waals surface area contributed by atoms with E-state index in [2.05, 4.69) is 99.1 Å². The van der Waals surface area contributed by atoms with Crippen LogP contribution in [-0.4, -0.2) is 19.4 Å². The summed E-state index contributed by atoms with van der Waals surface area (Å²) in [5, 5.41) is 8.87. The molecule has 0 radical (unpaired) electrons. The van der Waals surface area contributed by atoms with Crippen LogP contribution in [0.2, 0.25) is 0 Å². The summed E-state index contributed by atoms with van der Waals surface area (Å²) in [4.78, 5) is 0. The van der Waals surface area contributed by atoms with Gasteiger partial charge in [0.15, 0.2) is 11.3 Å². The van der Waals surface area contributed by atoms with Gasteiger partial charge in [0.05, 0.1) is 16.8 Å². The molecule has 8 heteroatoms. The van der Waals surface area contributed by atoms with E-state index in [4.69, 9.17) is 9.15 Å². The molecule has 0 saturated carbocycles. The van der Waals surface area contributed by atoms with E-state index in [1.54, 1.807) is 0 Å². The molecule has 0 aliphatic carbocycles. The highest BCUT2D eigenvalue weighted by Gasteiger charge is 2.73. The van der Waals surface area contributed by atoms with Gasteiger partial charge in [-0.15, -0.1) is 14.9 Å². The van der Waals surface area contributed by atoms with Crippen molar-refractivity contribution in [1.29, 1.82) is 0 Å². The van der Waals surface area contributed by atoms with Gasteiger partial charge in [-0.3, -0.25) is 0 Å². The minimum atomic E-state index is -0.616. The number of benzene rings is 2. The fourth-order valence-corrected chi connectivity index (χ4v) is 7.16. The van der Waals surface area contributed by atoms with Crippen LogP contribution in [0, 0.1) is 27.7 Å². The van der Waals surface area contributed by atoms with Crippen molar-refractivity contribution in [3.8, 4) is 45.9 Å². The first-order valence-corrected chi connectivity index (χ1v) is 13.1. The summed E-state index contributed by atoms with van der Waals surface area (Å²) < 4.78 is 22.2. The molecule has 0 fully saturated rings. The van der Waals surface area contributed by atoms with Crippen molar-refractivity contribution in [1.82, 2.24) is 19.4 Å². The standard InChI is InChI=1S/C31H24N6O2/c1-17-16-35-30(20(4)25(17)29-33-32-28(39-29)21-9-6-5-7-10-21)34-14-13-24-27(34)31(35)26-22(11-8-12-23(26)38-24)36-18(2)15-19(3)37(31)36/h5-16H,1-4H3/q+2. The van der Waals surface area contributed by atoms with Crippen LogP contribution in [0.4, 0.5) is 0 Å². The number of hydrogen-bond acceptors (Lipinski definition) is 4. The first kappa shape index (κ1) is 21.0. The van der Waals surface area contributed by atoms with Crippen molar-refractivity contribution in [3.05, 3.63) is 107 Å². The molecule has 1 spiro atoms. The first-order valence-electron chi connectivity index (χ1n) is 13.1. The van der Waals surface area contributed by atoms with E-state index in [0.717, 1.165) is 56.5 Å². The van der Waals surface area contributed by atoms with Gasteiger partial charge < -0.3 is 9.15 Å². The lowest BCUT2D eigenvalue weighted by molar-refractivity contribution is -0.990. The van der Waals surface area contributed by atoms with Crippen LogP contribution >= 0.6 is 0 Å². The molecule has 8 nitrogen and oxygen atoms in total. The van der Waals surface area contributed by atoms with E-state index in [0.29, 0.717) is 11.8 Å². The average Bonchev–Trinajstić information content (AvgIpc) is 3.73. The number of hydrogen-bond donors (Lipinski definition) is 0. The van der Waals surface area contributed by atoms with Crippen LogP contribution in [0.5, 0.6) is 11.5 Å². The highest BCUT2D eigenvalue weighted by atomic mass is 16.5. The molecule has 9 rings (SSSR count). The Morgan fingerprint density at radius 1 is 0.872 bits per heavy atom. The quantitative estimate of drug-likeness (QED) is 0.312. The minimum Gasteiger partial charge on any atom is -0.452 e. The second-order valence-electron chi connectivity index (χ2n) is 10.7. The lowest BCUT2D eigenvalue weighted by atomic mass is 9.91. The minimum absolute atomic E-state index is 0.512. The first-order chi connectivity index (χ1) is 19.0. The molecule has 39 heavy (non-hydrogen) atoms. The smallest absolute Gasteiger partial charge is 0.430 e. The summed E-state index contributed by atoms with van der Waals surface area (Å²) >= 11 is 0. The molecule has 6 aromatic rings. The molecule has 188 valence electrons. The predicted molar refractivity (Wildman–Crippen MR) is 141 cm³/mol. The van der Waals surface area contributed by atoms with E-state index in [-0.39, 0.29) is 0 Å². The molecule has 0 bridgehead atoms. The Kier molecular flexibility index (Phi) is 3.62. The number of ether oxygens (including phenoxy) is 1. The van der Waals surface area contributed by atoms with Gasteiger partial charge in [-0.05, 0) is 49.7 Å². The number of aryl methyl sites for hydroxylation is 3. The van der Waals surface area contributed by atoms with Gasteiger partial charge in [-0.1, -0.05) is 24.3 Å². The second kappa shape index (κ2) is 6.71. The van der Waals surface area contributed by atoms with E-state index < -0.39 is 5.66 Å². The zero-order valence-corrected chi connectivity index (χ0v) is 21.9. The van der Waals surface area contributed by atoms with Crippen molar-refractivity contribution in [2.24, 2.45) is 0 Å². The monoisotopic (exact) mass is 512 g/mol. The van der Waals surface area contributed by atoms with Crippen molar-refractivity contribution < 1.29 is 18.4 Å². The van der Waals surface area contributed by atoms with Crippen LogP contribution in [0.1, 0.15) is 33.8 Å². The predicted octanol–water partition coefficient (Wildman–Crippen LogP) is 4.82. The van der Waals surface area contributed by atoms with E-state index in [9.17, 15) is 0 Å². The summed E-state index contributed by atoms with van der Waals surface area (Å²) in [6.45, 7) is 8.61. The van der Waals surface area contributed by atoms with Gasteiger partial charge in [-0.2, -0.15) is 9.13 Å². The van der Waals surface area contributed by atoms with Gasteiger partial charge >= 0.3 is 5.66 Å². The molecule has 2 aromatic carbocycles. The van der Waals surface area contributed by atoms with Crippen LogP contribution in [0.3, 0.4) is 0 Å². The van der Waals surface area contributed by atoms with Gasteiger partial charge in [0, 0.05) is 30.2 Å². The number of aromatic nitrogens is 6. The fraction of sp³-hybridized carbons (Fsp3) is 0.161. The molecule has 0 N–H and O–H groups in total. The molecule has 4 aromatic heterocycles. The Morgan fingerprint density at radius 3 is 2.54 bits per heavy atom. The largest absolute Gasteiger partial charge is 0.452 e. The Labute approximate surface area is 224 Å². The molecule has 0 amide bonds.